The van der Waals surface area contributed by atoms with Crippen LogP contribution in [0.2, 0.25) is 0 Å². The second-order valence-electron chi connectivity index (χ2n) is 2.41. The van der Waals surface area contributed by atoms with Gasteiger partial charge in [0.2, 0.25) is 0 Å². The van der Waals surface area contributed by atoms with Crippen LogP contribution in [-0.2, 0) is 22.5 Å². The van der Waals surface area contributed by atoms with Gasteiger partial charge in [-0.25, -0.2) is 4.98 Å². The maximum Gasteiger partial charge on any atom is 0.0952 e. The van der Waals surface area contributed by atoms with Gasteiger partial charge in [0, 0.05) is 26.0 Å². The number of thiazole rings is 1. The van der Waals surface area contributed by atoms with Crippen LogP contribution in [-0.4, -0.2) is 25.8 Å². The van der Waals surface area contributed by atoms with E-state index in [1.54, 1.807) is 25.6 Å². The summed E-state index contributed by atoms with van der Waals surface area (Å²) in [6.45, 7) is 1.34. The summed E-state index contributed by atoms with van der Waals surface area (Å²) in [7, 11) is 3.37. The van der Waals surface area contributed by atoms with Crippen LogP contribution >= 0.6 is 11.3 Å². The van der Waals surface area contributed by atoms with E-state index in [9.17, 15) is 0 Å². The number of aromatic nitrogens is 1. The molecule has 0 bridgehead atoms. The summed E-state index contributed by atoms with van der Waals surface area (Å²) in [5.74, 6) is 0. The Labute approximate surface area is 76.3 Å². The number of nitrogens with zero attached hydrogens (tertiary/aromatic N) is 1. The average Bonchev–Trinajstić information content (AvgIpc) is 2.50. The molecule has 0 N–H and O–H groups in total. The van der Waals surface area contributed by atoms with Crippen molar-refractivity contribution < 1.29 is 9.47 Å². The molecule has 1 rings (SSSR count). The van der Waals surface area contributed by atoms with Crippen LogP contribution in [0.25, 0.3) is 0 Å². The fraction of sp³-hybridized carbons (Fsp3) is 0.625. The summed E-state index contributed by atoms with van der Waals surface area (Å²) >= 11 is 1.66. The predicted octanol–water partition coefficient (Wildman–Crippen LogP) is 1.48. The second kappa shape index (κ2) is 5.24. The van der Waals surface area contributed by atoms with Gasteiger partial charge >= 0.3 is 0 Å². The molecular weight excluding hydrogens is 174 g/mol. The Bertz CT molecular complexity index is 225. The van der Waals surface area contributed by atoms with Gasteiger partial charge in [-0.1, -0.05) is 0 Å². The molecule has 0 radical (unpaired) electrons. The van der Waals surface area contributed by atoms with E-state index in [0.29, 0.717) is 6.61 Å². The van der Waals surface area contributed by atoms with Crippen molar-refractivity contribution in [2.75, 3.05) is 20.8 Å². The van der Waals surface area contributed by atoms with Crippen molar-refractivity contribution in [2.24, 2.45) is 0 Å². The highest BCUT2D eigenvalue weighted by Crippen LogP contribution is 2.10. The highest BCUT2D eigenvalue weighted by molar-refractivity contribution is 7.09. The van der Waals surface area contributed by atoms with E-state index >= 15 is 0 Å². The molecule has 0 aliphatic carbocycles. The third kappa shape index (κ3) is 2.89. The van der Waals surface area contributed by atoms with Gasteiger partial charge in [-0.15, -0.1) is 11.3 Å². The van der Waals surface area contributed by atoms with Gasteiger partial charge in [-0.3, -0.25) is 0 Å². The largest absolute Gasteiger partial charge is 0.384 e. The van der Waals surface area contributed by atoms with E-state index in [1.807, 2.05) is 5.38 Å². The van der Waals surface area contributed by atoms with E-state index in [-0.39, 0.29) is 0 Å². The lowest BCUT2D eigenvalue weighted by Crippen LogP contribution is -1.94. The van der Waals surface area contributed by atoms with Crippen LogP contribution in [0.5, 0.6) is 0 Å². The molecule has 0 fully saturated rings. The summed E-state index contributed by atoms with van der Waals surface area (Å²) in [5.41, 5.74) is 1.01. The van der Waals surface area contributed by atoms with Crippen molar-refractivity contribution in [3.05, 3.63) is 16.1 Å². The quantitative estimate of drug-likeness (QED) is 0.699. The highest BCUT2D eigenvalue weighted by Gasteiger charge is 2.00. The topological polar surface area (TPSA) is 31.4 Å². The van der Waals surface area contributed by atoms with Gasteiger partial charge < -0.3 is 9.47 Å². The molecule has 0 amide bonds. The monoisotopic (exact) mass is 187 g/mol. The molecule has 0 atom stereocenters. The second-order valence-corrected chi connectivity index (χ2v) is 3.35. The Kier molecular flexibility index (Phi) is 4.21. The van der Waals surface area contributed by atoms with Gasteiger partial charge in [0.15, 0.2) is 0 Å². The third-order valence-electron chi connectivity index (χ3n) is 1.41. The van der Waals surface area contributed by atoms with Crippen molar-refractivity contribution in [3.63, 3.8) is 0 Å². The molecule has 0 spiro atoms. The van der Waals surface area contributed by atoms with Gasteiger partial charge in [-0.2, -0.15) is 0 Å². The van der Waals surface area contributed by atoms with Crippen molar-refractivity contribution in [3.8, 4) is 0 Å². The Morgan fingerprint density at radius 1 is 1.42 bits per heavy atom. The first-order chi connectivity index (χ1) is 5.86. The standard InChI is InChI=1S/C8H13NO2S/c1-10-4-3-8-9-7(5-11-2)6-12-8/h6H,3-5H2,1-2H3. The van der Waals surface area contributed by atoms with E-state index < -0.39 is 0 Å². The minimum Gasteiger partial charge on any atom is -0.384 e. The lowest BCUT2D eigenvalue weighted by atomic mass is 10.4. The highest BCUT2D eigenvalue weighted by atomic mass is 32.1. The van der Waals surface area contributed by atoms with E-state index in [1.165, 1.54) is 0 Å². The number of methoxy groups -OCH3 is 2. The molecule has 1 aromatic rings. The molecule has 1 heterocycles. The molecule has 3 nitrogen and oxygen atoms in total. The fourth-order valence-corrected chi connectivity index (χ4v) is 1.63. The zero-order valence-corrected chi connectivity index (χ0v) is 8.19. The number of ether oxygens (including phenoxy) is 2. The Balaban J connectivity index is 2.41. The van der Waals surface area contributed by atoms with E-state index in [0.717, 1.165) is 23.7 Å². The normalized spacial score (nSPS) is 10.5. The molecule has 0 aromatic carbocycles. The molecule has 4 heteroatoms. The molecule has 68 valence electrons. The minimum absolute atomic E-state index is 0.601. The van der Waals surface area contributed by atoms with Crippen LogP contribution in [0.1, 0.15) is 10.7 Å². The first kappa shape index (κ1) is 9.64. The first-order valence-corrected chi connectivity index (χ1v) is 4.66. The van der Waals surface area contributed by atoms with Gasteiger partial charge in [0.25, 0.3) is 0 Å². The fourth-order valence-electron chi connectivity index (χ4n) is 0.867. The molecule has 0 saturated heterocycles. The molecule has 0 aliphatic heterocycles. The minimum atomic E-state index is 0.601. The van der Waals surface area contributed by atoms with Crippen LogP contribution in [0, 0.1) is 0 Å². The summed E-state index contributed by atoms with van der Waals surface area (Å²) in [6.07, 6.45) is 0.894. The van der Waals surface area contributed by atoms with Crippen molar-refractivity contribution in [1.82, 2.24) is 4.98 Å². The Morgan fingerprint density at radius 3 is 2.92 bits per heavy atom. The summed E-state index contributed by atoms with van der Waals surface area (Å²) in [4.78, 5) is 4.35. The van der Waals surface area contributed by atoms with Crippen LogP contribution < -0.4 is 0 Å². The summed E-state index contributed by atoms with van der Waals surface area (Å²) < 4.78 is 9.91. The summed E-state index contributed by atoms with van der Waals surface area (Å²) in [6, 6.07) is 0. The van der Waals surface area contributed by atoms with Crippen LogP contribution in [0.15, 0.2) is 5.38 Å². The molecule has 0 aliphatic rings. The van der Waals surface area contributed by atoms with Crippen molar-refractivity contribution in [2.45, 2.75) is 13.0 Å². The van der Waals surface area contributed by atoms with E-state index in [4.69, 9.17) is 9.47 Å². The molecular formula is C8H13NO2S. The lowest BCUT2D eigenvalue weighted by molar-refractivity contribution is 0.181. The third-order valence-corrected chi connectivity index (χ3v) is 2.37. The first-order valence-electron chi connectivity index (χ1n) is 3.78. The lowest BCUT2D eigenvalue weighted by Gasteiger charge is -1.93. The van der Waals surface area contributed by atoms with Crippen LogP contribution in [0.4, 0.5) is 0 Å². The molecule has 0 unspecified atom stereocenters. The van der Waals surface area contributed by atoms with Gasteiger partial charge in [-0.05, 0) is 0 Å². The van der Waals surface area contributed by atoms with E-state index in [2.05, 4.69) is 4.98 Å². The Morgan fingerprint density at radius 2 is 2.25 bits per heavy atom. The van der Waals surface area contributed by atoms with Gasteiger partial charge in [0.05, 0.1) is 23.9 Å². The van der Waals surface area contributed by atoms with Gasteiger partial charge in [0.1, 0.15) is 0 Å². The number of rotatable bonds is 5. The van der Waals surface area contributed by atoms with Crippen molar-refractivity contribution >= 4 is 11.3 Å². The number of hydrogen-bond acceptors (Lipinski definition) is 4. The zero-order valence-electron chi connectivity index (χ0n) is 7.37. The van der Waals surface area contributed by atoms with Crippen molar-refractivity contribution in [1.29, 1.82) is 0 Å². The number of hydrogen-bond donors (Lipinski definition) is 0. The Hall–Kier alpha value is -0.450. The zero-order chi connectivity index (χ0) is 8.81. The smallest absolute Gasteiger partial charge is 0.0952 e. The average molecular weight is 187 g/mol. The molecule has 0 saturated carbocycles. The maximum atomic E-state index is 4.96. The van der Waals surface area contributed by atoms with Crippen LogP contribution in [0.3, 0.4) is 0 Å². The predicted molar refractivity (Wildman–Crippen MR) is 48.4 cm³/mol. The SMILES string of the molecule is COCCc1nc(COC)cs1. The molecule has 12 heavy (non-hydrogen) atoms. The maximum absolute atomic E-state index is 4.96. The molecule has 1 aromatic heterocycles. The summed E-state index contributed by atoms with van der Waals surface area (Å²) in [5, 5.41) is 3.14.